The second kappa shape index (κ2) is 9.92. The number of aromatic nitrogens is 1. The summed E-state index contributed by atoms with van der Waals surface area (Å²) >= 11 is 0. The average molecular weight is 418 g/mol. The van der Waals surface area contributed by atoms with E-state index in [1.165, 1.54) is 34.9 Å². The smallest absolute Gasteiger partial charge is 0.275 e. The molecule has 3 aromatic rings. The molecule has 0 unspecified atom stereocenters. The molecule has 162 valence electrons. The third-order valence-corrected chi connectivity index (χ3v) is 5.91. The van der Waals surface area contributed by atoms with Gasteiger partial charge < -0.3 is 9.32 Å². The van der Waals surface area contributed by atoms with Gasteiger partial charge in [0, 0.05) is 26.2 Å². The Morgan fingerprint density at radius 3 is 2.52 bits per heavy atom. The van der Waals surface area contributed by atoms with Gasteiger partial charge in [-0.3, -0.25) is 9.69 Å². The third kappa shape index (κ3) is 5.61. The highest BCUT2D eigenvalue weighted by Gasteiger charge is 2.22. The lowest BCUT2D eigenvalue weighted by Gasteiger charge is -2.25. The van der Waals surface area contributed by atoms with E-state index in [1.807, 2.05) is 11.0 Å². The zero-order chi connectivity index (χ0) is 21.6. The lowest BCUT2D eigenvalue weighted by Crippen LogP contribution is -2.35. The van der Waals surface area contributed by atoms with Crippen LogP contribution in [-0.2, 0) is 19.6 Å². The Labute approximate surface area is 184 Å². The highest BCUT2D eigenvalue weighted by atomic mass is 16.3. The van der Waals surface area contributed by atoms with E-state index in [4.69, 9.17) is 4.42 Å². The molecule has 1 aromatic heterocycles. The number of oxazole rings is 1. The number of piperidine rings is 1. The lowest BCUT2D eigenvalue weighted by molar-refractivity contribution is 0.0718. The Bertz CT molecular complexity index is 1010. The van der Waals surface area contributed by atoms with Crippen molar-refractivity contribution in [3.8, 4) is 0 Å². The van der Waals surface area contributed by atoms with Gasteiger partial charge in [-0.2, -0.15) is 0 Å². The molecule has 0 aliphatic carbocycles. The Balaban J connectivity index is 1.50. The maximum Gasteiger partial charge on any atom is 0.275 e. The van der Waals surface area contributed by atoms with Crippen LogP contribution in [0.15, 0.2) is 59.2 Å². The predicted octanol–water partition coefficient (Wildman–Crippen LogP) is 5.12. The Kier molecular flexibility index (Phi) is 6.82. The summed E-state index contributed by atoms with van der Waals surface area (Å²) in [5.41, 5.74) is 5.50. The molecule has 5 heteroatoms. The maximum absolute atomic E-state index is 12.7. The van der Waals surface area contributed by atoms with E-state index < -0.39 is 0 Å². The summed E-state index contributed by atoms with van der Waals surface area (Å²) in [7, 11) is 0. The molecule has 0 bridgehead atoms. The minimum absolute atomic E-state index is 0.0151. The van der Waals surface area contributed by atoms with E-state index in [9.17, 15) is 4.79 Å². The van der Waals surface area contributed by atoms with Crippen molar-refractivity contribution in [1.82, 2.24) is 14.8 Å². The molecule has 4 rings (SSSR count). The molecule has 1 fully saturated rings. The van der Waals surface area contributed by atoms with Gasteiger partial charge in [-0.1, -0.05) is 54.1 Å². The van der Waals surface area contributed by atoms with Crippen LogP contribution in [0.1, 0.15) is 57.9 Å². The molecule has 1 aliphatic rings. The summed E-state index contributed by atoms with van der Waals surface area (Å²) in [5, 5.41) is 0. The summed E-state index contributed by atoms with van der Waals surface area (Å²) in [4.78, 5) is 21.5. The van der Waals surface area contributed by atoms with Crippen LogP contribution in [0.25, 0.3) is 0 Å². The minimum Gasteiger partial charge on any atom is -0.447 e. The average Bonchev–Trinajstić information content (AvgIpc) is 3.25. The lowest BCUT2D eigenvalue weighted by atomic mass is 10.0. The van der Waals surface area contributed by atoms with Crippen molar-refractivity contribution in [3.05, 3.63) is 88.6 Å². The first-order valence-corrected chi connectivity index (χ1v) is 11.1. The number of carbonyl (C=O) groups excluding carboxylic acids is 1. The van der Waals surface area contributed by atoms with Crippen LogP contribution in [0.4, 0.5) is 0 Å². The number of likely N-dealkylation sites (tertiary alicyclic amines) is 1. The van der Waals surface area contributed by atoms with Gasteiger partial charge in [0.15, 0.2) is 5.69 Å². The number of nitrogens with zero attached hydrogens (tertiary/aromatic N) is 3. The SMILES string of the molecule is Cc1ccc(CN(Cc2ccccc2)Cc2nc(C(=O)N3CCCCC3)co2)c(C)c1. The normalized spacial score (nSPS) is 14.2. The third-order valence-electron chi connectivity index (χ3n) is 5.91. The molecule has 0 saturated carbocycles. The Morgan fingerprint density at radius 1 is 1.00 bits per heavy atom. The predicted molar refractivity (Wildman–Crippen MR) is 122 cm³/mol. The minimum atomic E-state index is -0.0151. The zero-order valence-electron chi connectivity index (χ0n) is 18.5. The van der Waals surface area contributed by atoms with Gasteiger partial charge >= 0.3 is 0 Å². The van der Waals surface area contributed by atoms with E-state index in [-0.39, 0.29) is 5.91 Å². The van der Waals surface area contributed by atoms with Crippen LogP contribution in [0.5, 0.6) is 0 Å². The fraction of sp³-hybridized carbons (Fsp3) is 0.385. The summed E-state index contributed by atoms with van der Waals surface area (Å²) in [6.07, 6.45) is 4.85. The standard InChI is InChI=1S/C26H31N3O2/c1-20-11-12-23(21(2)15-20)17-28(16-22-9-5-3-6-10-22)18-25-27-24(19-31-25)26(30)29-13-7-4-8-14-29/h3,5-6,9-12,15,19H,4,7-8,13-14,16-18H2,1-2H3. The van der Waals surface area contributed by atoms with Crippen LogP contribution in [-0.4, -0.2) is 33.8 Å². The van der Waals surface area contributed by atoms with Crippen molar-refractivity contribution in [1.29, 1.82) is 0 Å². The van der Waals surface area contributed by atoms with Crippen molar-refractivity contribution in [3.63, 3.8) is 0 Å². The summed E-state index contributed by atoms with van der Waals surface area (Å²) in [5.74, 6) is 0.569. The van der Waals surface area contributed by atoms with Crippen LogP contribution in [0.3, 0.4) is 0 Å². The first-order chi connectivity index (χ1) is 15.1. The number of aryl methyl sites for hydroxylation is 2. The summed E-state index contributed by atoms with van der Waals surface area (Å²) < 4.78 is 5.73. The molecule has 2 heterocycles. The number of amides is 1. The molecular weight excluding hydrogens is 386 g/mol. The van der Waals surface area contributed by atoms with Crippen molar-refractivity contribution in [2.75, 3.05) is 13.1 Å². The molecule has 0 atom stereocenters. The van der Waals surface area contributed by atoms with Crippen LogP contribution in [0, 0.1) is 13.8 Å². The molecule has 2 aromatic carbocycles. The second-order valence-electron chi connectivity index (χ2n) is 8.54. The number of benzene rings is 2. The summed E-state index contributed by atoms with van der Waals surface area (Å²) in [6, 6.07) is 17.0. The monoisotopic (exact) mass is 417 g/mol. The highest BCUT2D eigenvalue weighted by molar-refractivity contribution is 5.92. The van der Waals surface area contributed by atoms with E-state index in [0.717, 1.165) is 39.0 Å². The van der Waals surface area contributed by atoms with Crippen molar-refractivity contribution >= 4 is 5.91 Å². The van der Waals surface area contributed by atoms with E-state index in [0.29, 0.717) is 18.1 Å². The maximum atomic E-state index is 12.7. The largest absolute Gasteiger partial charge is 0.447 e. The fourth-order valence-electron chi connectivity index (χ4n) is 4.21. The van der Waals surface area contributed by atoms with Gasteiger partial charge in [-0.15, -0.1) is 0 Å². The van der Waals surface area contributed by atoms with E-state index in [1.54, 1.807) is 0 Å². The van der Waals surface area contributed by atoms with Crippen molar-refractivity contribution < 1.29 is 9.21 Å². The van der Waals surface area contributed by atoms with Gasteiger partial charge in [0.05, 0.1) is 6.54 Å². The first kappa shape index (κ1) is 21.3. The molecule has 0 spiro atoms. The topological polar surface area (TPSA) is 49.6 Å². The van der Waals surface area contributed by atoms with Crippen LogP contribution >= 0.6 is 0 Å². The molecule has 5 nitrogen and oxygen atoms in total. The summed E-state index contributed by atoms with van der Waals surface area (Å²) in [6.45, 7) is 8.03. The van der Waals surface area contributed by atoms with Crippen molar-refractivity contribution in [2.45, 2.75) is 52.7 Å². The van der Waals surface area contributed by atoms with E-state index in [2.05, 4.69) is 66.2 Å². The Morgan fingerprint density at radius 2 is 1.77 bits per heavy atom. The van der Waals surface area contributed by atoms with Crippen LogP contribution in [0.2, 0.25) is 0 Å². The highest BCUT2D eigenvalue weighted by Crippen LogP contribution is 2.19. The number of rotatable bonds is 7. The first-order valence-electron chi connectivity index (χ1n) is 11.1. The van der Waals surface area contributed by atoms with Crippen molar-refractivity contribution in [2.24, 2.45) is 0 Å². The number of hydrogen-bond acceptors (Lipinski definition) is 4. The van der Waals surface area contributed by atoms with Gasteiger partial charge in [-0.25, -0.2) is 4.98 Å². The molecule has 1 saturated heterocycles. The zero-order valence-corrected chi connectivity index (χ0v) is 18.5. The second-order valence-corrected chi connectivity index (χ2v) is 8.54. The van der Waals surface area contributed by atoms with Gasteiger partial charge in [-0.05, 0) is 49.8 Å². The van der Waals surface area contributed by atoms with Crippen LogP contribution < -0.4 is 0 Å². The molecular formula is C26H31N3O2. The van der Waals surface area contributed by atoms with Gasteiger partial charge in [0.1, 0.15) is 6.26 Å². The molecule has 1 aliphatic heterocycles. The molecule has 31 heavy (non-hydrogen) atoms. The van der Waals surface area contributed by atoms with Gasteiger partial charge in [0.2, 0.25) is 5.89 Å². The number of hydrogen-bond donors (Lipinski definition) is 0. The molecule has 0 N–H and O–H groups in total. The Hall–Kier alpha value is -2.92. The quantitative estimate of drug-likeness (QED) is 0.535. The number of carbonyl (C=O) groups is 1. The fourth-order valence-corrected chi connectivity index (χ4v) is 4.21. The van der Waals surface area contributed by atoms with E-state index >= 15 is 0 Å². The van der Waals surface area contributed by atoms with Gasteiger partial charge in [0.25, 0.3) is 5.91 Å². The molecule has 0 radical (unpaired) electrons. The molecule has 1 amide bonds.